The number of hydrogen-bond acceptors (Lipinski definition) is 3. The van der Waals surface area contributed by atoms with Crippen molar-refractivity contribution in [1.29, 1.82) is 0 Å². The maximum Gasteiger partial charge on any atom is 0.335 e. The molecule has 21 heavy (non-hydrogen) atoms. The summed E-state index contributed by atoms with van der Waals surface area (Å²) in [5, 5.41) is 11.0. The quantitative estimate of drug-likeness (QED) is 0.795. The summed E-state index contributed by atoms with van der Waals surface area (Å²) in [6.45, 7) is 0. The van der Waals surface area contributed by atoms with Gasteiger partial charge in [-0.2, -0.15) is 0 Å². The third kappa shape index (κ3) is 2.43. The minimum atomic E-state index is -0.935. The van der Waals surface area contributed by atoms with Crippen LogP contribution in [0, 0.1) is 0 Å². The van der Waals surface area contributed by atoms with E-state index in [9.17, 15) is 4.79 Å². The summed E-state index contributed by atoms with van der Waals surface area (Å²) in [5.74, 6) is -0.269. The van der Waals surface area contributed by atoms with Crippen LogP contribution in [0.4, 0.5) is 0 Å². The molecule has 2 aromatic carbocycles. The average Bonchev–Trinajstić information content (AvgIpc) is 2.53. The van der Waals surface area contributed by atoms with Gasteiger partial charge in [0.25, 0.3) is 0 Å². The molecule has 3 aromatic rings. The number of aromatic nitrogens is 1. The molecule has 0 bridgehead atoms. The lowest BCUT2D eigenvalue weighted by Crippen LogP contribution is -1.96. The Bertz CT molecular complexity index is 827. The maximum absolute atomic E-state index is 11.2. The topological polar surface area (TPSA) is 59.4 Å². The number of nitrogens with zero attached hydrogens (tertiary/aromatic N) is 1. The molecule has 1 heterocycles. The van der Waals surface area contributed by atoms with Gasteiger partial charge < -0.3 is 9.84 Å². The Morgan fingerprint density at radius 2 is 2.00 bits per heavy atom. The van der Waals surface area contributed by atoms with Crippen LogP contribution in [0.25, 0.3) is 21.9 Å². The first-order valence-electron chi connectivity index (χ1n) is 6.44. The normalized spacial score (nSPS) is 10.5. The van der Waals surface area contributed by atoms with Crippen molar-refractivity contribution < 1.29 is 14.6 Å². The molecule has 0 aliphatic rings. The molecule has 4 nitrogen and oxygen atoms in total. The summed E-state index contributed by atoms with van der Waals surface area (Å²) in [6, 6.07) is 12.8. The first-order chi connectivity index (χ1) is 10.2. The van der Waals surface area contributed by atoms with Crippen LogP contribution in [-0.4, -0.2) is 23.2 Å². The number of ether oxygens (including phenoxy) is 1. The molecule has 1 N–H and O–H groups in total. The number of rotatable bonds is 3. The smallest absolute Gasteiger partial charge is 0.335 e. The Balaban J connectivity index is 2.25. The van der Waals surface area contributed by atoms with E-state index in [0.29, 0.717) is 5.75 Å². The van der Waals surface area contributed by atoms with E-state index in [2.05, 4.69) is 4.98 Å². The van der Waals surface area contributed by atoms with Gasteiger partial charge in [-0.25, -0.2) is 4.79 Å². The lowest BCUT2D eigenvalue weighted by molar-refractivity contribution is 0.0697. The number of pyridine rings is 1. The molecule has 0 saturated carbocycles. The molecule has 1 aromatic heterocycles. The maximum atomic E-state index is 11.2. The van der Waals surface area contributed by atoms with Crippen LogP contribution in [0.3, 0.4) is 0 Å². The van der Waals surface area contributed by atoms with Gasteiger partial charge in [0.2, 0.25) is 0 Å². The van der Waals surface area contributed by atoms with E-state index in [1.54, 1.807) is 31.6 Å². The second-order valence-electron chi connectivity index (χ2n) is 4.66. The SMILES string of the molecule is COc1cncc(-c2cccc3ccc(C(=O)O)cc23)c1. The second-order valence-corrected chi connectivity index (χ2v) is 4.66. The Morgan fingerprint density at radius 3 is 2.76 bits per heavy atom. The van der Waals surface area contributed by atoms with Crippen molar-refractivity contribution in [2.24, 2.45) is 0 Å². The highest BCUT2D eigenvalue weighted by Gasteiger charge is 2.09. The highest BCUT2D eigenvalue weighted by atomic mass is 16.5. The lowest BCUT2D eigenvalue weighted by atomic mass is 9.97. The van der Waals surface area contributed by atoms with E-state index in [1.165, 1.54) is 0 Å². The zero-order valence-corrected chi connectivity index (χ0v) is 11.4. The molecule has 0 amide bonds. The number of carbonyl (C=O) groups is 1. The number of hydrogen-bond donors (Lipinski definition) is 1. The highest BCUT2D eigenvalue weighted by Crippen LogP contribution is 2.30. The van der Waals surface area contributed by atoms with Crippen LogP contribution in [0.15, 0.2) is 54.9 Å². The van der Waals surface area contributed by atoms with E-state index in [0.717, 1.165) is 21.9 Å². The zero-order valence-electron chi connectivity index (χ0n) is 11.4. The molecule has 3 rings (SSSR count). The van der Waals surface area contributed by atoms with Gasteiger partial charge >= 0.3 is 5.97 Å². The Kier molecular flexibility index (Phi) is 3.28. The van der Waals surface area contributed by atoms with Crippen molar-refractivity contribution in [3.63, 3.8) is 0 Å². The summed E-state index contributed by atoms with van der Waals surface area (Å²) in [7, 11) is 1.59. The van der Waals surface area contributed by atoms with Gasteiger partial charge in [0, 0.05) is 11.8 Å². The van der Waals surface area contributed by atoms with Crippen LogP contribution in [-0.2, 0) is 0 Å². The summed E-state index contributed by atoms with van der Waals surface area (Å²) in [6.07, 6.45) is 3.38. The number of benzene rings is 2. The molecule has 0 aliphatic heterocycles. The number of methoxy groups -OCH3 is 1. The van der Waals surface area contributed by atoms with E-state index in [1.807, 2.05) is 30.3 Å². The summed E-state index contributed by atoms with van der Waals surface area (Å²) in [5.41, 5.74) is 2.09. The predicted molar refractivity (Wildman–Crippen MR) is 80.7 cm³/mol. The fraction of sp³-hybridized carbons (Fsp3) is 0.0588. The molecule has 0 unspecified atom stereocenters. The van der Waals surface area contributed by atoms with Crippen LogP contribution < -0.4 is 4.74 Å². The third-order valence-corrected chi connectivity index (χ3v) is 3.39. The second kappa shape index (κ2) is 5.25. The van der Waals surface area contributed by atoms with Crippen LogP contribution >= 0.6 is 0 Å². The fourth-order valence-electron chi connectivity index (χ4n) is 2.34. The first kappa shape index (κ1) is 13.1. The third-order valence-electron chi connectivity index (χ3n) is 3.39. The number of aromatic carboxylic acids is 1. The van der Waals surface area contributed by atoms with Crippen molar-refractivity contribution in [3.8, 4) is 16.9 Å². The number of fused-ring (bicyclic) bond motifs is 1. The minimum Gasteiger partial charge on any atom is -0.495 e. The van der Waals surface area contributed by atoms with Crippen molar-refractivity contribution in [3.05, 3.63) is 60.4 Å². The van der Waals surface area contributed by atoms with Crippen molar-refractivity contribution in [2.75, 3.05) is 7.11 Å². The van der Waals surface area contributed by atoms with Crippen molar-refractivity contribution in [2.45, 2.75) is 0 Å². The molecular weight excluding hydrogens is 266 g/mol. The Morgan fingerprint density at radius 1 is 1.14 bits per heavy atom. The zero-order chi connectivity index (χ0) is 14.8. The average molecular weight is 279 g/mol. The highest BCUT2D eigenvalue weighted by molar-refractivity contribution is 6.01. The van der Waals surface area contributed by atoms with Gasteiger partial charge in [0.05, 0.1) is 18.9 Å². The summed E-state index contributed by atoms with van der Waals surface area (Å²) < 4.78 is 5.19. The molecule has 0 aliphatic carbocycles. The molecule has 0 atom stereocenters. The minimum absolute atomic E-state index is 0.269. The predicted octanol–water partition coefficient (Wildman–Crippen LogP) is 3.61. The van der Waals surface area contributed by atoms with Crippen molar-refractivity contribution in [1.82, 2.24) is 4.98 Å². The Hall–Kier alpha value is -2.88. The number of carboxylic acids is 1. The van der Waals surface area contributed by atoms with Gasteiger partial charge in [-0.05, 0) is 34.5 Å². The largest absolute Gasteiger partial charge is 0.495 e. The van der Waals surface area contributed by atoms with Gasteiger partial charge in [-0.15, -0.1) is 0 Å². The molecule has 104 valence electrons. The number of carboxylic acid groups (broad SMARTS) is 1. The fourth-order valence-corrected chi connectivity index (χ4v) is 2.34. The molecule has 0 saturated heterocycles. The Labute approximate surface area is 121 Å². The van der Waals surface area contributed by atoms with E-state index >= 15 is 0 Å². The van der Waals surface area contributed by atoms with Crippen molar-refractivity contribution >= 4 is 16.7 Å². The molecule has 0 fully saturated rings. The molecule has 4 heteroatoms. The van der Waals surface area contributed by atoms with E-state index in [-0.39, 0.29) is 5.56 Å². The first-order valence-corrected chi connectivity index (χ1v) is 6.44. The van der Waals surface area contributed by atoms with E-state index < -0.39 is 5.97 Å². The standard InChI is InChI=1S/C17H13NO3/c1-21-14-7-13(9-18-10-14)15-4-2-3-11-5-6-12(17(19)20)8-16(11)15/h2-10H,1H3,(H,19,20). The molecule has 0 spiro atoms. The summed E-state index contributed by atoms with van der Waals surface area (Å²) >= 11 is 0. The van der Waals surface area contributed by atoms with Crippen LogP contribution in [0.1, 0.15) is 10.4 Å². The molecular formula is C17H13NO3. The van der Waals surface area contributed by atoms with Gasteiger partial charge in [-0.1, -0.05) is 24.3 Å². The monoisotopic (exact) mass is 279 g/mol. The van der Waals surface area contributed by atoms with E-state index in [4.69, 9.17) is 9.84 Å². The van der Waals surface area contributed by atoms with Gasteiger partial charge in [0.1, 0.15) is 5.75 Å². The van der Waals surface area contributed by atoms with Gasteiger partial charge in [0.15, 0.2) is 0 Å². The lowest BCUT2D eigenvalue weighted by Gasteiger charge is -2.09. The summed E-state index contributed by atoms with van der Waals surface area (Å²) in [4.78, 5) is 15.3. The molecule has 0 radical (unpaired) electrons. The van der Waals surface area contributed by atoms with Gasteiger partial charge in [-0.3, -0.25) is 4.98 Å². The van der Waals surface area contributed by atoms with Crippen LogP contribution in [0.5, 0.6) is 5.75 Å². The van der Waals surface area contributed by atoms with Crippen LogP contribution in [0.2, 0.25) is 0 Å².